The average Bonchev–Trinajstić information content (AvgIpc) is 2.15. The number of carboxylic acid groups (broad SMARTS) is 1. The molecular weight excluding hydrogens is 168 g/mol. The zero-order chi connectivity index (χ0) is 9.68. The molecule has 0 spiro atoms. The minimum Gasteiger partial charge on any atom is -0.550 e. The van der Waals surface area contributed by atoms with E-state index in [0.29, 0.717) is 0 Å². The van der Waals surface area contributed by atoms with Crippen molar-refractivity contribution >= 4 is 5.97 Å². The smallest absolute Gasteiger partial charge is 0.0793 e. The predicted molar refractivity (Wildman–Crippen MR) is 45.6 cm³/mol. The number of rotatable bonds is 4. The second kappa shape index (κ2) is 4.62. The van der Waals surface area contributed by atoms with Crippen LogP contribution in [0.25, 0.3) is 0 Å². The van der Waals surface area contributed by atoms with Crippen LogP contribution in [0.15, 0.2) is 30.3 Å². The van der Waals surface area contributed by atoms with Gasteiger partial charge in [-0.15, -0.1) is 0 Å². The van der Waals surface area contributed by atoms with E-state index in [-0.39, 0.29) is 12.8 Å². The maximum absolute atomic E-state index is 10.1. The summed E-state index contributed by atoms with van der Waals surface area (Å²) in [6.45, 7) is 0. The molecule has 0 bridgehead atoms. The van der Waals surface area contributed by atoms with Gasteiger partial charge in [-0.1, -0.05) is 30.3 Å². The quantitative estimate of drug-likeness (QED) is 0.720. The van der Waals surface area contributed by atoms with Crippen molar-refractivity contribution in [2.24, 2.45) is 0 Å². The van der Waals surface area contributed by atoms with Gasteiger partial charge < -0.3 is 15.0 Å². The Kier molecular flexibility index (Phi) is 3.46. The van der Waals surface area contributed by atoms with Crippen molar-refractivity contribution in [3.05, 3.63) is 35.9 Å². The normalized spacial score (nSPS) is 12.4. The predicted octanol–water partition coefficient (Wildman–Crippen LogP) is 0.250. The van der Waals surface area contributed by atoms with Gasteiger partial charge in [0.1, 0.15) is 0 Å². The minimum absolute atomic E-state index is 0.115. The molecule has 0 aromatic heterocycles. The molecule has 0 aliphatic heterocycles. The van der Waals surface area contributed by atoms with Crippen LogP contribution in [0.5, 0.6) is 0 Å². The SMILES string of the molecule is O=C([O-])CCC(O)c1ccccc1. The van der Waals surface area contributed by atoms with Gasteiger partial charge in [-0.25, -0.2) is 0 Å². The van der Waals surface area contributed by atoms with Crippen molar-refractivity contribution < 1.29 is 15.0 Å². The monoisotopic (exact) mass is 179 g/mol. The van der Waals surface area contributed by atoms with Crippen LogP contribution in [0.4, 0.5) is 0 Å². The van der Waals surface area contributed by atoms with Crippen molar-refractivity contribution in [3.63, 3.8) is 0 Å². The van der Waals surface area contributed by atoms with E-state index in [2.05, 4.69) is 0 Å². The molecule has 1 unspecified atom stereocenters. The topological polar surface area (TPSA) is 60.4 Å². The second-order valence-electron chi connectivity index (χ2n) is 2.84. The fourth-order valence-corrected chi connectivity index (χ4v) is 1.10. The molecule has 0 aliphatic rings. The number of hydrogen-bond acceptors (Lipinski definition) is 3. The summed E-state index contributed by atoms with van der Waals surface area (Å²) >= 11 is 0. The van der Waals surface area contributed by atoms with Crippen LogP contribution in [0, 0.1) is 0 Å². The number of aliphatic carboxylic acids is 1. The van der Waals surface area contributed by atoms with Crippen LogP contribution >= 0.6 is 0 Å². The first-order valence-electron chi connectivity index (χ1n) is 4.13. The van der Waals surface area contributed by atoms with E-state index in [1.165, 1.54) is 0 Å². The lowest BCUT2D eigenvalue weighted by Gasteiger charge is -2.10. The van der Waals surface area contributed by atoms with Crippen LogP contribution in [0.1, 0.15) is 24.5 Å². The lowest BCUT2D eigenvalue weighted by atomic mass is 10.1. The largest absolute Gasteiger partial charge is 0.550 e. The van der Waals surface area contributed by atoms with Gasteiger partial charge in [0, 0.05) is 5.97 Å². The van der Waals surface area contributed by atoms with Crippen LogP contribution in [0.2, 0.25) is 0 Å². The van der Waals surface area contributed by atoms with Gasteiger partial charge in [0.05, 0.1) is 6.10 Å². The van der Waals surface area contributed by atoms with E-state index >= 15 is 0 Å². The molecule has 1 aromatic carbocycles. The Labute approximate surface area is 76.6 Å². The van der Waals surface area contributed by atoms with E-state index in [4.69, 9.17) is 0 Å². The highest BCUT2D eigenvalue weighted by molar-refractivity contribution is 5.64. The number of carbonyl (C=O) groups excluding carboxylic acids is 1. The third kappa shape index (κ3) is 3.25. The van der Waals surface area contributed by atoms with E-state index in [0.717, 1.165) is 5.56 Å². The summed E-state index contributed by atoms with van der Waals surface area (Å²) in [7, 11) is 0. The third-order valence-corrected chi connectivity index (χ3v) is 1.81. The highest BCUT2D eigenvalue weighted by atomic mass is 16.4. The Morgan fingerprint density at radius 1 is 1.38 bits per heavy atom. The Morgan fingerprint density at radius 2 is 2.00 bits per heavy atom. The molecular formula is C10H11O3-. The van der Waals surface area contributed by atoms with Crippen LogP contribution < -0.4 is 5.11 Å². The van der Waals surface area contributed by atoms with E-state index in [9.17, 15) is 15.0 Å². The molecule has 1 atom stereocenters. The van der Waals surface area contributed by atoms with Crippen molar-refractivity contribution in [3.8, 4) is 0 Å². The van der Waals surface area contributed by atoms with Crippen LogP contribution in [-0.4, -0.2) is 11.1 Å². The number of aliphatic hydroxyl groups excluding tert-OH is 1. The summed E-state index contributed by atoms with van der Waals surface area (Å²) in [4.78, 5) is 10.1. The van der Waals surface area contributed by atoms with Gasteiger partial charge in [0.2, 0.25) is 0 Å². The van der Waals surface area contributed by atoms with Crippen molar-refractivity contribution in [2.75, 3.05) is 0 Å². The lowest BCUT2D eigenvalue weighted by Crippen LogP contribution is -2.22. The molecule has 13 heavy (non-hydrogen) atoms. The molecule has 0 aliphatic carbocycles. The molecule has 0 saturated carbocycles. The minimum atomic E-state index is -1.13. The van der Waals surface area contributed by atoms with Gasteiger partial charge in [0.15, 0.2) is 0 Å². The fraction of sp³-hybridized carbons (Fsp3) is 0.300. The second-order valence-corrected chi connectivity index (χ2v) is 2.84. The summed E-state index contributed by atoms with van der Waals surface area (Å²) in [5, 5.41) is 19.6. The molecule has 1 rings (SSSR count). The van der Waals surface area contributed by atoms with Crippen molar-refractivity contribution in [1.82, 2.24) is 0 Å². The summed E-state index contributed by atoms with van der Waals surface area (Å²) in [5.41, 5.74) is 0.740. The molecule has 1 aromatic rings. The van der Waals surface area contributed by atoms with Gasteiger partial charge >= 0.3 is 0 Å². The summed E-state index contributed by atoms with van der Waals surface area (Å²) < 4.78 is 0. The Hall–Kier alpha value is -1.35. The molecule has 0 saturated heterocycles. The molecule has 0 radical (unpaired) electrons. The standard InChI is InChI=1S/C10H12O3/c11-9(6-7-10(12)13)8-4-2-1-3-5-8/h1-5,9,11H,6-7H2,(H,12,13)/p-1. The first kappa shape index (κ1) is 9.74. The Bertz CT molecular complexity index is 269. The number of carboxylic acids is 1. The van der Waals surface area contributed by atoms with Crippen LogP contribution in [-0.2, 0) is 4.79 Å². The average molecular weight is 179 g/mol. The van der Waals surface area contributed by atoms with E-state index < -0.39 is 12.1 Å². The van der Waals surface area contributed by atoms with Gasteiger partial charge in [-0.3, -0.25) is 0 Å². The number of benzene rings is 1. The van der Waals surface area contributed by atoms with E-state index in [1.54, 1.807) is 24.3 Å². The van der Waals surface area contributed by atoms with Crippen LogP contribution in [0.3, 0.4) is 0 Å². The van der Waals surface area contributed by atoms with Crippen molar-refractivity contribution in [1.29, 1.82) is 0 Å². The maximum Gasteiger partial charge on any atom is 0.0793 e. The molecule has 3 nitrogen and oxygen atoms in total. The number of aliphatic hydroxyl groups is 1. The van der Waals surface area contributed by atoms with Gasteiger partial charge in [0.25, 0.3) is 0 Å². The molecule has 70 valence electrons. The third-order valence-electron chi connectivity index (χ3n) is 1.81. The van der Waals surface area contributed by atoms with Gasteiger partial charge in [-0.05, 0) is 18.4 Å². The Morgan fingerprint density at radius 3 is 2.54 bits per heavy atom. The Balaban J connectivity index is 2.49. The van der Waals surface area contributed by atoms with Gasteiger partial charge in [-0.2, -0.15) is 0 Å². The fourth-order valence-electron chi connectivity index (χ4n) is 1.10. The molecule has 1 N–H and O–H groups in total. The molecule has 0 fully saturated rings. The zero-order valence-corrected chi connectivity index (χ0v) is 7.14. The zero-order valence-electron chi connectivity index (χ0n) is 7.14. The summed E-state index contributed by atoms with van der Waals surface area (Å²) in [6, 6.07) is 8.98. The van der Waals surface area contributed by atoms with E-state index in [1.807, 2.05) is 6.07 Å². The lowest BCUT2D eigenvalue weighted by molar-refractivity contribution is -0.306. The summed E-state index contributed by atoms with van der Waals surface area (Å²) in [5.74, 6) is -1.13. The molecule has 0 heterocycles. The highest BCUT2D eigenvalue weighted by Gasteiger charge is 2.05. The maximum atomic E-state index is 10.1. The number of hydrogen-bond donors (Lipinski definition) is 1. The first-order chi connectivity index (χ1) is 6.20. The molecule has 0 amide bonds. The molecule has 3 heteroatoms. The highest BCUT2D eigenvalue weighted by Crippen LogP contribution is 2.16. The number of carbonyl (C=O) groups is 1. The summed E-state index contributed by atoms with van der Waals surface area (Å²) in [6.07, 6.45) is -0.623. The first-order valence-corrected chi connectivity index (χ1v) is 4.13. The van der Waals surface area contributed by atoms with Crippen molar-refractivity contribution in [2.45, 2.75) is 18.9 Å².